The van der Waals surface area contributed by atoms with Crippen molar-refractivity contribution in [3.05, 3.63) is 74.3 Å². The zero-order valence-corrected chi connectivity index (χ0v) is 15.4. The maximum absolute atomic E-state index is 14.6. The highest BCUT2D eigenvalue weighted by Gasteiger charge is 2.25. The first kappa shape index (κ1) is 19.1. The molecule has 5 nitrogen and oxygen atoms in total. The van der Waals surface area contributed by atoms with Crippen LogP contribution in [0.3, 0.4) is 0 Å². The molecule has 0 aliphatic carbocycles. The Hall–Kier alpha value is -2.64. The number of hydrogen-bond acceptors (Lipinski definition) is 3. The second kappa shape index (κ2) is 7.54. The Kier molecular flexibility index (Phi) is 5.34. The summed E-state index contributed by atoms with van der Waals surface area (Å²) in [4.78, 5) is 27.2. The molecule has 0 amide bonds. The van der Waals surface area contributed by atoms with Crippen LogP contribution >= 0.6 is 23.2 Å². The smallest absolute Gasteiger partial charge is 0.357 e. The van der Waals surface area contributed by atoms with Crippen molar-refractivity contribution in [2.75, 3.05) is 6.61 Å². The largest absolute Gasteiger partial charge is 0.461 e. The number of rotatable bonds is 4. The lowest BCUT2D eigenvalue weighted by Crippen LogP contribution is -2.17. The van der Waals surface area contributed by atoms with Crippen LogP contribution in [0.2, 0.25) is 10.0 Å². The molecule has 27 heavy (non-hydrogen) atoms. The summed E-state index contributed by atoms with van der Waals surface area (Å²) in [5.74, 6) is -2.37. The summed E-state index contributed by atoms with van der Waals surface area (Å²) in [6.07, 6.45) is 0. The first-order valence-electron chi connectivity index (χ1n) is 7.77. The minimum Gasteiger partial charge on any atom is -0.461 e. The number of carbonyl (C=O) groups excluding carboxylic acids is 1. The van der Waals surface area contributed by atoms with E-state index >= 15 is 0 Å². The van der Waals surface area contributed by atoms with Gasteiger partial charge in [0.1, 0.15) is 5.82 Å². The monoisotopic (exact) mass is 412 g/mol. The molecule has 1 heterocycles. The minimum atomic E-state index is -0.856. The van der Waals surface area contributed by atoms with E-state index in [0.29, 0.717) is 0 Å². The number of H-pyrrole nitrogens is 1. The van der Waals surface area contributed by atoms with E-state index in [0.717, 1.165) is 10.6 Å². The molecule has 3 rings (SSSR count). The second-order valence-corrected chi connectivity index (χ2v) is 6.23. The Labute approximate surface area is 162 Å². The summed E-state index contributed by atoms with van der Waals surface area (Å²) < 4.78 is 34.0. The SMILES string of the molecule is CCOC(=O)c1[nH]c(=O)n(-c2cccc(Cl)c2F)c1-c1ccc(F)c(Cl)c1. The van der Waals surface area contributed by atoms with E-state index < -0.39 is 23.3 Å². The van der Waals surface area contributed by atoms with Gasteiger partial charge in [-0.1, -0.05) is 29.3 Å². The number of halogens is 4. The van der Waals surface area contributed by atoms with Gasteiger partial charge in [-0.3, -0.25) is 9.55 Å². The van der Waals surface area contributed by atoms with Gasteiger partial charge in [0.05, 0.1) is 28.0 Å². The van der Waals surface area contributed by atoms with Gasteiger partial charge in [0, 0.05) is 5.56 Å². The van der Waals surface area contributed by atoms with Gasteiger partial charge in [-0.15, -0.1) is 0 Å². The number of aromatic amines is 1. The van der Waals surface area contributed by atoms with Crippen LogP contribution in [-0.2, 0) is 4.74 Å². The van der Waals surface area contributed by atoms with Crippen molar-refractivity contribution in [1.29, 1.82) is 0 Å². The average molecular weight is 413 g/mol. The minimum absolute atomic E-state index is 0.0264. The fourth-order valence-electron chi connectivity index (χ4n) is 2.60. The Morgan fingerprint density at radius 2 is 1.93 bits per heavy atom. The molecular formula is C18H12Cl2F2N2O3. The molecule has 1 N–H and O–H groups in total. The first-order chi connectivity index (χ1) is 12.8. The van der Waals surface area contributed by atoms with Crippen LogP contribution in [-0.4, -0.2) is 22.1 Å². The van der Waals surface area contributed by atoms with Crippen LogP contribution in [0.1, 0.15) is 17.4 Å². The highest BCUT2D eigenvalue weighted by atomic mass is 35.5. The molecular weight excluding hydrogens is 401 g/mol. The molecule has 0 saturated carbocycles. The lowest BCUT2D eigenvalue weighted by atomic mass is 10.1. The summed E-state index contributed by atoms with van der Waals surface area (Å²) in [5, 5.41) is -0.435. The molecule has 0 aliphatic rings. The number of hydrogen-bond donors (Lipinski definition) is 1. The summed E-state index contributed by atoms with van der Waals surface area (Å²) >= 11 is 11.7. The Bertz CT molecular complexity index is 1090. The van der Waals surface area contributed by atoms with Crippen molar-refractivity contribution in [2.45, 2.75) is 6.92 Å². The lowest BCUT2D eigenvalue weighted by Gasteiger charge is -2.11. The molecule has 140 valence electrons. The van der Waals surface area contributed by atoms with Gasteiger partial charge in [-0.05, 0) is 37.3 Å². The van der Waals surface area contributed by atoms with Gasteiger partial charge in [-0.2, -0.15) is 0 Å². The predicted molar refractivity (Wildman–Crippen MR) is 97.7 cm³/mol. The van der Waals surface area contributed by atoms with E-state index in [2.05, 4.69) is 4.98 Å². The topological polar surface area (TPSA) is 64.1 Å². The van der Waals surface area contributed by atoms with Crippen LogP contribution in [0.25, 0.3) is 16.9 Å². The molecule has 0 radical (unpaired) electrons. The molecule has 0 fully saturated rings. The first-order valence-corrected chi connectivity index (χ1v) is 8.52. The zero-order valence-electron chi connectivity index (χ0n) is 13.9. The van der Waals surface area contributed by atoms with Crippen molar-refractivity contribution >= 4 is 29.2 Å². The zero-order chi connectivity index (χ0) is 19.7. The van der Waals surface area contributed by atoms with Crippen LogP contribution < -0.4 is 5.69 Å². The molecule has 3 aromatic rings. The number of imidazole rings is 1. The second-order valence-electron chi connectivity index (χ2n) is 5.41. The molecule has 2 aromatic carbocycles. The molecule has 9 heteroatoms. The van der Waals surface area contributed by atoms with E-state index in [1.54, 1.807) is 6.92 Å². The van der Waals surface area contributed by atoms with E-state index in [4.69, 9.17) is 27.9 Å². The van der Waals surface area contributed by atoms with E-state index in [1.807, 2.05) is 0 Å². The van der Waals surface area contributed by atoms with Gasteiger partial charge in [0.2, 0.25) is 0 Å². The summed E-state index contributed by atoms with van der Waals surface area (Å²) in [6, 6.07) is 7.69. The van der Waals surface area contributed by atoms with Crippen molar-refractivity contribution in [2.24, 2.45) is 0 Å². The van der Waals surface area contributed by atoms with Gasteiger partial charge in [0.15, 0.2) is 11.5 Å². The van der Waals surface area contributed by atoms with E-state index in [-0.39, 0.29) is 39.3 Å². The van der Waals surface area contributed by atoms with Gasteiger partial charge < -0.3 is 4.74 Å². The Morgan fingerprint density at radius 1 is 1.19 bits per heavy atom. The molecule has 0 spiro atoms. The average Bonchev–Trinajstić information content (AvgIpc) is 2.97. The molecule has 0 bridgehead atoms. The molecule has 0 saturated heterocycles. The maximum Gasteiger partial charge on any atom is 0.357 e. The van der Waals surface area contributed by atoms with Crippen molar-refractivity contribution in [3.63, 3.8) is 0 Å². The van der Waals surface area contributed by atoms with Crippen LogP contribution in [0, 0.1) is 11.6 Å². The van der Waals surface area contributed by atoms with Crippen molar-refractivity contribution in [1.82, 2.24) is 9.55 Å². The highest BCUT2D eigenvalue weighted by molar-refractivity contribution is 6.31. The predicted octanol–water partition coefficient (Wildman–Crippen LogP) is 4.59. The fourth-order valence-corrected chi connectivity index (χ4v) is 2.95. The number of nitrogens with one attached hydrogen (secondary N) is 1. The quantitative estimate of drug-likeness (QED) is 0.637. The Morgan fingerprint density at radius 3 is 2.59 bits per heavy atom. The number of nitrogens with zero attached hydrogens (tertiary/aromatic N) is 1. The van der Waals surface area contributed by atoms with Gasteiger partial charge >= 0.3 is 11.7 Å². The normalized spacial score (nSPS) is 10.9. The maximum atomic E-state index is 14.6. The third-order valence-electron chi connectivity index (χ3n) is 3.74. The summed E-state index contributed by atoms with van der Waals surface area (Å²) in [5.41, 5.74) is -1.02. The van der Waals surface area contributed by atoms with Crippen LogP contribution in [0.5, 0.6) is 0 Å². The van der Waals surface area contributed by atoms with Gasteiger partial charge in [0.25, 0.3) is 0 Å². The number of esters is 1. The number of carbonyl (C=O) groups is 1. The molecule has 0 unspecified atom stereocenters. The number of aromatic nitrogens is 2. The van der Waals surface area contributed by atoms with E-state index in [9.17, 15) is 18.4 Å². The number of ether oxygens (including phenoxy) is 1. The third kappa shape index (κ3) is 3.48. The number of benzene rings is 2. The van der Waals surface area contributed by atoms with Gasteiger partial charge in [-0.25, -0.2) is 18.4 Å². The van der Waals surface area contributed by atoms with Crippen molar-refractivity contribution < 1.29 is 18.3 Å². The third-order valence-corrected chi connectivity index (χ3v) is 4.32. The summed E-state index contributed by atoms with van der Waals surface area (Å²) in [6.45, 7) is 1.65. The van der Waals surface area contributed by atoms with Crippen molar-refractivity contribution in [3.8, 4) is 16.9 Å². The summed E-state index contributed by atoms with van der Waals surface area (Å²) in [7, 11) is 0. The van der Waals surface area contributed by atoms with Crippen LogP contribution in [0.4, 0.5) is 8.78 Å². The lowest BCUT2D eigenvalue weighted by molar-refractivity contribution is 0.0521. The molecule has 0 aliphatic heterocycles. The standard InChI is InChI=1S/C18H12Cl2F2N2O3/c1-2-27-17(25)15-16(9-6-7-12(21)11(20)8-9)24(18(26)23-15)13-5-3-4-10(19)14(13)22/h3-8H,2H2,1H3,(H,23,26). The molecule has 0 atom stereocenters. The van der Waals surface area contributed by atoms with Crippen LogP contribution in [0.15, 0.2) is 41.2 Å². The molecule has 1 aromatic heterocycles. The highest BCUT2D eigenvalue weighted by Crippen LogP contribution is 2.30. The Balaban J connectivity index is 2.37. The fraction of sp³-hybridized carbons (Fsp3) is 0.111. The van der Waals surface area contributed by atoms with E-state index in [1.165, 1.54) is 30.3 Å².